The number of anilines is 1. The molecule has 2 aromatic rings. The van der Waals surface area contributed by atoms with Gasteiger partial charge in [-0.25, -0.2) is 9.97 Å². The number of halogens is 1. The van der Waals surface area contributed by atoms with Gasteiger partial charge in [-0.2, -0.15) is 5.10 Å². The smallest absolute Gasteiger partial charge is 0.225 e. The first-order chi connectivity index (χ1) is 14.2. The van der Waals surface area contributed by atoms with Crippen molar-refractivity contribution in [1.82, 2.24) is 34.9 Å². The summed E-state index contributed by atoms with van der Waals surface area (Å²) in [7, 11) is 3.85. The van der Waals surface area contributed by atoms with Crippen molar-refractivity contribution in [2.75, 3.05) is 64.3 Å². The molecule has 10 heteroatoms. The number of aryl methyl sites for hydroxylation is 1. The molecular weight excluding hydrogens is 493 g/mol. The van der Waals surface area contributed by atoms with Crippen LogP contribution in [0.3, 0.4) is 0 Å². The predicted molar refractivity (Wildman–Crippen MR) is 130 cm³/mol. The number of hydrogen-bond donors (Lipinski definition) is 1. The summed E-state index contributed by atoms with van der Waals surface area (Å²) in [6, 6.07) is 1.86. The van der Waals surface area contributed by atoms with Crippen LogP contribution in [-0.4, -0.2) is 94.9 Å². The van der Waals surface area contributed by atoms with Gasteiger partial charge in [-0.3, -0.25) is 14.6 Å². The molecule has 0 aromatic carbocycles. The third-order valence-electron chi connectivity index (χ3n) is 5.81. The molecule has 2 fully saturated rings. The van der Waals surface area contributed by atoms with Gasteiger partial charge in [0, 0.05) is 91.0 Å². The van der Waals surface area contributed by atoms with Crippen LogP contribution >= 0.6 is 24.0 Å². The minimum atomic E-state index is 0. The third kappa shape index (κ3) is 5.60. The predicted octanol–water partition coefficient (Wildman–Crippen LogP) is 1.02. The lowest BCUT2D eigenvalue weighted by atomic mass is 10.0. The lowest BCUT2D eigenvalue weighted by Gasteiger charge is -2.34. The summed E-state index contributed by atoms with van der Waals surface area (Å²) < 4.78 is 1.88. The van der Waals surface area contributed by atoms with Crippen molar-refractivity contribution in [3.63, 3.8) is 0 Å². The Labute approximate surface area is 195 Å². The highest BCUT2D eigenvalue weighted by molar-refractivity contribution is 14.0. The molecule has 0 bridgehead atoms. The monoisotopic (exact) mass is 525 g/mol. The van der Waals surface area contributed by atoms with Gasteiger partial charge in [-0.15, -0.1) is 24.0 Å². The normalized spacial score (nSPS) is 20.3. The zero-order valence-electron chi connectivity index (χ0n) is 17.8. The summed E-state index contributed by atoms with van der Waals surface area (Å²) in [5.74, 6) is 2.38. The molecule has 0 aliphatic carbocycles. The van der Waals surface area contributed by atoms with E-state index in [0.717, 1.165) is 70.7 Å². The number of aliphatic imine (C=N–C) groups is 1. The molecule has 0 spiro atoms. The van der Waals surface area contributed by atoms with Crippen LogP contribution in [0.25, 0.3) is 0 Å². The number of piperazine rings is 1. The number of hydrogen-bond acceptors (Lipinski definition) is 6. The van der Waals surface area contributed by atoms with E-state index < -0.39 is 0 Å². The first-order valence-electron chi connectivity index (χ1n) is 10.4. The molecule has 4 rings (SSSR count). The van der Waals surface area contributed by atoms with E-state index in [1.54, 1.807) is 0 Å². The fourth-order valence-corrected chi connectivity index (χ4v) is 4.16. The van der Waals surface area contributed by atoms with Gasteiger partial charge in [0.1, 0.15) is 0 Å². The van der Waals surface area contributed by atoms with Crippen LogP contribution in [0.1, 0.15) is 17.9 Å². The number of likely N-dealkylation sites (tertiary alicyclic amines) is 1. The molecule has 1 N–H and O–H groups in total. The van der Waals surface area contributed by atoms with Crippen molar-refractivity contribution in [2.45, 2.75) is 12.3 Å². The van der Waals surface area contributed by atoms with Gasteiger partial charge in [-0.05, 0) is 18.1 Å². The van der Waals surface area contributed by atoms with Gasteiger partial charge in [-0.1, -0.05) is 0 Å². The van der Waals surface area contributed by atoms with Crippen LogP contribution in [0, 0.1) is 0 Å². The van der Waals surface area contributed by atoms with Gasteiger partial charge in [0.25, 0.3) is 0 Å². The lowest BCUT2D eigenvalue weighted by Crippen LogP contribution is -2.50. The van der Waals surface area contributed by atoms with E-state index in [2.05, 4.69) is 46.3 Å². The van der Waals surface area contributed by atoms with E-state index in [9.17, 15) is 0 Å². The molecule has 2 aliphatic rings. The molecule has 164 valence electrons. The standard InChI is InChI=1S/C20H31N9.HI/c1-21-19(29-8-4-17(16-29)18-14-25-26(2)15-18)24-7-9-27-10-12-28(13-11-27)20-22-5-3-6-23-20;/h3,5-6,14-15,17H,4,7-13,16H2,1-2H3,(H,21,24);1H. The van der Waals surface area contributed by atoms with Crippen LogP contribution in [0.5, 0.6) is 0 Å². The fourth-order valence-electron chi connectivity index (χ4n) is 4.16. The molecule has 0 amide bonds. The largest absolute Gasteiger partial charge is 0.355 e. The summed E-state index contributed by atoms with van der Waals surface area (Å²) in [6.07, 6.45) is 8.88. The maximum atomic E-state index is 4.51. The fraction of sp³-hybridized carbons (Fsp3) is 0.600. The minimum Gasteiger partial charge on any atom is -0.355 e. The zero-order chi connectivity index (χ0) is 20.1. The summed E-state index contributed by atoms with van der Waals surface area (Å²) in [5.41, 5.74) is 1.32. The van der Waals surface area contributed by atoms with Gasteiger partial charge >= 0.3 is 0 Å². The molecule has 9 nitrogen and oxygen atoms in total. The van der Waals surface area contributed by atoms with E-state index in [1.807, 2.05) is 43.4 Å². The maximum absolute atomic E-state index is 4.51. The second-order valence-corrected chi connectivity index (χ2v) is 7.73. The van der Waals surface area contributed by atoms with E-state index in [1.165, 1.54) is 5.56 Å². The van der Waals surface area contributed by atoms with E-state index in [4.69, 9.17) is 0 Å². The molecule has 0 saturated carbocycles. The van der Waals surface area contributed by atoms with Crippen LogP contribution < -0.4 is 10.2 Å². The molecule has 2 saturated heterocycles. The maximum Gasteiger partial charge on any atom is 0.225 e. The Kier molecular flexibility index (Phi) is 8.25. The van der Waals surface area contributed by atoms with Crippen molar-refractivity contribution < 1.29 is 0 Å². The summed E-state index contributed by atoms with van der Waals surface area (Å²) in [6.45, 7) is 7.97. The third-order valence-corrected chi connectivity index (χ3v) is 5.81. The Morgan fingerprint density at radius 1 is 1.17 bits per heavy atom. The van der Waals surface area contributed by atoms with Crippen molar-refractivity contribution in [1.29, 1.82) is 0 Å². The molecule has 30 heavy (non-hydrogen) atoms. The molecular formula is C20H32IN9. The van der Waals surface area contributed by atoms with Crippen LogP contribution in [0.4, 0.5) is 5.95 Å². The van der Waals surface area contributed by atoms with Gasteiger partial charge < -0.3 is 15.1 Å². The Balaban J connectivity index is 0.00000256. The van der Waals surface area contributed by atoms with Crippen LogP contribution in [-0.2, 0) is 7.05 Å². The quantitative estimate of drug-likeness (QED) is 0.355. The Bertz CT molecular complexity index is 802. The zero-order valence-corrected chi connectivity index (χ0v) is 20.1. The van der Waals surface area contributed by atoms with E-state index >= 15 is 0 Å². The van der Waals surface area contributed by atoms with Gasteiger partial charge in [0.05, 0.1) is 6.20 Å². The average molecular weight is 525 g/mol. The number of nitrogens with one attached hydrogen (secondary N) is 1. The SMILES string of the molecule is CN=C(NCCN1CCN(c2ncccn2)CC1)N1CCC(c2cnn(C)c2)C1.I. The van der Waals surface area contributed by atoms with Crippen LogP contribution in [0.15, 0.2) is 35.8 Å². The molecule has 0 radical (unpaired) electrons. The summed E-state index contributed by atoms with van der Waals surface area (Å²) >= 11 is 0. The number of nitrogens with zero attached hydrogens (tertiary/aromatic N) is 8. The number of aromatic nitrogens is 4. The average Bonchev–Trinajstić information content (AvgIpc) is 3.41. The highest BCUT2D eigenvalue weighted by Crippen LogP contribution is 2.26. The Morgan fingerprint density at radius 3 is 2.60 bits per heavy atom. The van der Waals surface area contributed by atoms with Crippen molar-refractivity contribution in [2.24, 2.45) is 12.0 Å². The number of rotatable bonds is 5. The highest BCUT2D eigenvalue weighted by Gasteiger charge is 2.27. The molecule has 2 aromatic heterocycles. The molecule has 4 heterocycles. The Hall–Kier alpha value is -1.95. The lowest BCUT2D eigenvalue weighted by molar-refractivity contribution is 0.259. The second-order valence-electron chi connectivity index (χ2n) is 7.73. The summed E-state index contributed by atoms with van der Waals surface area (Å²) in [4.78, 5) is 20.3. The minimum absolute atomic E-state index is 0. The molecule has 2 aliphatic heterocycles. The van der Waals surface area contributed by atoms with Gasteiger partial charge in [0.2, 0.25) is 5.95 Å². The first-order valence-corrected chi connectivity index (χ1v) is 10.4. The first kappa shape index (κ1) is 22.7. The van der Waals surface area contributed by atoms with E-state index in [-0.39, 0.29) is 24.0 Å². The van der Waals surface area contributed by atoms with Crippen molar-refractivity contribution in [3.8, 4) is 0 Å². The van der Waals surface area contributed by atoms with E-state index in [0.29, 0.717) is 5.92 Å². The number of guanidine groups is 1. The second kappa shape index (κ2) is 10.9. The topological polar surface area (TPSA) is 77.7 Å². The van der Waals surface area contributed by atoms with Gasteiger partial charge in [0.15, 0.2) is 5.96 Å². The highest BCUT2D eigenvalue weighted by atomic mass is 127. The summed E-state index contributed by atoms with van der Waals surface area (Å²) in [5, 5.41) is 7.87. The molecule has 1 unspecified atom stereocenters. The Morgan fingerprint density at radius 2 is 1.93 bits per heavy atom. The van der Waals surface area contributed by atoms with Crippen molar-refractivity contribution >= 4 is 35.9 Å². The van der Waals surface area contributed by atoms with Crippen molar-refractivity contribution in [3.05, 3.63) is 36.4 Å². The van der Waals surface area contributed by atoms with Crippen LogP contribution in [0.2, 0.25) is 0 Å². The molecule has 1 atom stereocenters.